The van der Waals surface area contributed by atoms with Crippen molar-refractivity contribution in [2.75, 3.05) is 14.2 Å². The number of esters is 2. The summed E-state index contributed by atoms with van der Waals surface area (Å²) in [5, 5.41) is -0.708. The van der Waals surface area contributed by atoms with Gasteiger partial charge in [-0.1, -0.05) is 73.5 Å². The first-order chi connectivity index (χ1) is 14.6. The summed E-state index contributed by atoms with van der Waals surface area (Å²) in [5.74, 6) is -0.914. The first kappa shape index (κ1) is 27.8. The highest BCUT2D eigenvalue weighted by atomic mass is 28.4. The quantitative estimate of drug-likeness (QED) is 0.258. The van der Waals surface area contributed by atoms with Crippen LogP contribution in [0.25, 0.3) is 0 Å². The number of allylic oxidation sites excluding steroid dienone is 2. The Balaban J connectivity index is 3.30. The van der Waals surface area contributed by atoms with Gasteiger partial charge in [-0.25, -0.2) is 9.59 Å². The fraction of sp³-hybridized carbons (Fsp3) is 0.778. The highest BCUT2D eigenvalue weighted by molar-refractivity contribution is 6.78. The number of methoxy groups -OCH3 is 2. The molecule has 2 unspecified atom stereocenters. The van der Waals surface area contributed by atoms with Crippen LogP contribution in [0.2, 0.25) is 18.1 Å². The fourth-order valence-corrected chi connectivity index (χ4v) is 12.1. The van der Waals surface area contributed by atoms with Gasteiger partial charge >= 0.3 is 11.9 Å². The molecule has 0 aromatic carbocycles. The minimum Gasteiger partial charge on any atom is -0.466 e. The van der Waals surface area contributed by atoms with Gasteiger partial charge in [0, 0.05) is 11.5 Å². The molecule has 6 heteroatoms. The molecule has 5 nitrogen and oxygen atoms in total. The van der Waals surface area contributed by atoms with E-state index in [2.05, 4.69) is 75.4 Å². The van der Waals surface area contributed by atoms with E-state index >= 15 is 0 Å². The van der Waals surface area contributed by atoms with Gasteiger partial charge in [0.1, 0.15) is 0 Å². The summed E-state index contributed by atoms with van der Waals surface area (Å²) in [6, 6.07) is 0. The lowest BCUT2D eigenvalue weighted by Gasteiger charge is -2.80. The zero-order valence-electron chi connectivity index (χ0n) is 23.6. The average Bonchev–Trinajstić information content (AvgIpc) is 2.55. The largest absolute Gasteiger partial charge is 0.466 e. The maximum Gasteiger partial charge on any atom is 0.335 e. The van der Waals surface area contributed by atoms with Crippen molar-refractivity contribution >= 4 is 20.3 Å². The lowest BCUT2D eigenvalue weighted by Crippen LogP contribution is -2.77. The number of hydrogen-bond acceptors (Lipinski definition) is 5. The van der Waals surface area contributed by atoms with Crippen molar-refractivity contribution in [1.29, 1.82) is 0 Å². The van der Waals surface area contributed by atoms with Gasteiger partial charge in [-0.3, -0.25) is 0 Å². The molecule has 2 rings (SSSR count). The van der Waals surface area contributed by atoms with Gasteiger partial charge in [0.2, 0.25) is 8.32 Å². The molecule has 0 aromatic rings. The van der Waals surface area contributed by atoms with Crippen LogP contribution in [0.3, 0.4) is 0 Å². The van der Waals surface area contributed by atoms with Crippen LogP contribution >= 0.6 is 0 Å². The third-order valence-electron chi connectivity index (χ3n) is 7.40. The molecule has 33 heavy (non-hydrogen) atoms. The molecule has 188 valence electrons. The van der Waals surface area contributed by atoms with Gasteiger partial charge in [-0.15, -0.1) is 0 Å². The molecule has 0 spiro atoms. The van der Waals surface area contributed by atoms with E-state index in [1.54, 1.807) is 0 Å². The second-order valence-corrected chi connectivity index (χ2v) is 17.4. The van der Waals surface area contributed by atoms with Gasteiger partial charge in [-0.05, 0) is 43.2 Å². The maximum atomic E-state index is 13.5. The summed E-state index contributed by atoms with van der Waals surface area (Å²) in [5.41, 5.74) is 1.81. The zero-order chi connectivity index (χ0) is 26.2. The van der Waals surface area contributed by atoms with Gasteiger partial charge < -0.3 is 13.9 Å². The monoisotopic (exact) mass is 478 g/mol. The Morgan fingerprint density at radius 3 is 1.45 bits per heavy atom. The van der Waals surface area contributed by atoms with Crippen LogP contribution < -0.4 is 0 Å². The Morgan fingerprint density at radius 2 is 1.15 bits per heavy atom. The summed E-state index contributed by atoms with van der Waals surface area (Å²) >= 11 is 0. The van der Waals surface area contributed by atoms with Crippen molar-refractivity contribution in [3.05, 3.63) is 22.3 Å². The van der Waals surface area contributed by atoms with Gasteiger partial charge in [-0.2, -0.15) is 0 Å². The predicted molar refractivity (Wildman–Crippen MR) is 135 cm³/mol. The number of carbonyl (C=O) groups is 2. The number of hydrogen-bond donors (Lipinski definition) is 0. The molecule has 0 amide bonds. The molecular weight excluding hydrogens is 432 g/mol. The molecule has 0 radical (unpaired) electrons. The van der Waals surface area contributed by atoms with E-state index in [0.29, 0.717) is 11.1 Å². The molecule has 0 saturated heterocycles. The summed E-state index contributed by atoms with van der Waals surface area (Å²) in [6.45, 7) is 28.2. The second kappa shape index (κ2) is 7.81. The molecule has 2 aliphatic carbocycles. The van der Waals surface area contributed by atoms with Crippen molar-refractivity contribution < 1.29 is 23.5 Å². The molecule has 2 aliphatic rings. The Hall–Kier alpha value is -1.40. The third-order valence-corrected chi connectivity index (χ3v) is 11.1. The topological polar surface area (TPSA) is 61.8 Å². The standard InChI is InChI=1S/C27H46O5Si/c1-16(2)32-33(14,15)27-18(22(29)31-13)17(21(28)30-12)26(27,25(9,10)11)19(23(3,4)5)20(27)24(6,7)8/h16H,1-15H3. The SMILES string of the molecule is COC(=O)C1=C(C(=O)OC)C2([Si](C)(C)OC(C)C)C(C(C)(C)C)=C(C(C)(C)C)C12C(C)(C)C. The van der Waals surface area contributed by atoms with Crippen molar-refractivity contribution in [1.82, 2.24) is 0 Å². The lowest BCUT2D eigenvalue weighted by atomic mass is 9.30. The molecule has 0 saturated carbocycles. The normalized spacial score (nSPS) is 26.1. The van der Waals surface area contributed by atoms with Crippen molar-refractivity contribution in [3.8, 4) is 0 Å². The van der Waals surface area contributed by atoms with Crippen LogP contribution in [-0.2, 0) is 23.5 Å². The molecule has 0 aromatic heterocycles. The minimum atomic E-state index is -2.73. The van der Waals surface area contributed by atoms with Crippen LogP contribution in [0, 0.1) is 21.7 Å². The van der Waals surface area contributed by atoms with E-state index < -0.39 is 30.7 Å². The summed E-state index contributed by atoms with van der Waals surface area (Å²) < 4.78 is 17.4. The molecule has 2 atom stereocenters. The molecule has 0 N–H and O–H groups in total. The van der Waals surface area contributed by atoms with E-state index in [1.165, 1.54) is 25.4 Å². The van der Waals surface area contributed by atoms with Crippen LogP contribution in [0.4, 0.5) is 0 Å². The first-order valence-corrected chi connectivity index (χ1v) is 14.9. The molecule has 0 fully saturated rings. The van der Waals surface area contributed by atoms with E-state index in [4.69, 9.17) is 13.9 Å². The van der Waals surface area contributed by atoms with E-state index in [1.807, 2.05) is 13.8 Å². The van der Waals surface area contributed by atoms with Crippen molar-refractivity contribution in [2.24, 2.45) is 21.7 Å². The molecule has 0 heterocycles. The van der Waals surface area contributed by atoms with Crippen LogP contribution in [-0.4, -0.2) is 40.6 Å². The number of fused-ring (bicyclic) bond motifs is 1. The van der Waals surface area contributed by atoms with Crippen LogP contribution in [0.1, 0.15) is 76.2 Å². The smallest absolute Gasteiger partial charge is 0.335 e. The van der Waals surface area contributed by atoms with Crippen LogP contribution in [0.15, 0.2) is 22.3 Å². The Morgan fingerprint density at radius 1 is 0.758 bits per heavy atom. The van der Waals surface area contributed by atoms with Gasteiger partial charge in [0.15, 0.2) is 0 Å². The lowest BCUT2D eigenvalue weighted by molar-refractivity contribution is -0.147. The minimum absolute atomic E-state index is 0.0142. The second-order valence-electron chi connectivity index (χ2n) is 13.4. The first-order valence-electron chi connectivity index (χ1n) is 12.0. The number of rotatable bonds is 5. The summed E-state index contributed by atoms with van der Waals surface area (Å²) in [7, 11) is 0.0461. The van der Waals surface area contributed by atoms with E-state index in [0.717, 1.165) is 0 Å². The number of ether oxygens (including phenoxy) is 2. The molecule has 0 aliphatic heterocycles. The van der Waals surface area contributed by atoms with E-state index in [-0.39, 0.29) is 22.3 Å². The van der Waals surface area contributed by atoms with Gasteiger partial charge in [0.05, 0.1) is 30.4 Å². The van der Waals surface area contributed by atoms with Crippen molar-refractivity contribution in [3.63, 3.8) is 0 Å². The third kappa shape index (κ3) is 3.34. The number of carbonyl (C=O) groups excluding carboxylic acids is 2. The van der Waals surface area contributed by atoms with Gasteiger partial charge in [0.25, 0.3) is 0 Å². The Labute approximate surface area is 202 Å². The maximum absolute atomic E-state index is 13.5. The highest BCUT2D eigenvalue weighted by Gasteiger charge is 2.87. The zero-order valence-corrected chi connectivity index (χ0v) is 24.6. The Kier molecular flexibility index (Phi) is 6.58. The molecular formula is C27H46O5Si. The van der Waals surface area contributed by atoms with E-state index in [9.17, 15) is 9.59 Å². The van der Waals surface area contributed by atoms with Crippen LogP contribution in [0.5, 0.6) is 0 Å². The predicted octanol–water partition coefficient (Wildman–Crippen LogP) is 6.45. The molecule has 0 bridgehead atoms. The fourth-order valence-electron chi connectivity index (χ4n) is 7.26. The Bertz CT molecular complexity index is 918. The average molecular weight is 479 g/mol. The van der Waals surface area contributed by atoms with Crippen molar-refractivity contribution in [2.45, 2.75) is 100 Å². The highest BCUT2D eigenvalue weighted by Crippen LogP contribution is 2.91. The summed E-state index contributed by atoms with van der Waals surface area (Å²) in [6.07, 6.45) is -0.0142. The summed E-state index contributed by atoms with van der Waals surface area (Å²) in [4.78, 5) is 27.0.